The highest BCUT2D eigenvalue weighted by Gasteiger charge is 2.15. The monoisotopic (exact) mass is 294 g/mol. The Morgan fingerprint density at radius 3 is 2.71 bits per heavy atom. The molecule has 0 unspecified atom stereocenters. The molecule has 0 aliphatic carbocycles. The molecular formula is C9H5BrF2S2. The minimum atomic E-state index is -2.43. The van der Waals surface area contributed by atoms with Gasteiger partial charge in [0.15, 0.2) is 0 Å². The van der Waals surface area contributed by atoms with E-state index in [-0.39, 0.29) is 5.56 Å². The molecule has 0 atom stereocenters. The number of halogens is 3. The Hall–Kier alpha value is -0.130. The van der Waals surface area contributed by atoms with Crippen molar-refractivity contribution >= 4 is 50.0 Å². The van der Waals surface area contributed by atoms with Gasteiger partial charge in [0.2, 0.25) is 0 Å². The molecule has 2 rings (SSSR count). The van der Waals surface area contributed by atoms with Crippen LogP contribution in [0.15, 0.2) is 26.9 Å². The molecule has 0 N–H and O–H groups in total. The fourth-order valence-electron chi connectivity index (χ4n) is 1.27. The van der Waals surface area contributed by atoms with Crippen molar-refractivity contribution in [2.45, 2.75) is 11.3 Å². The summed E-state index contributed by atoms with van der Waals surface area (Å²) in [5, 5.41) is 0.781. The second-order valence-electron chi connectivity index (χ2n) is 2.75. The highest BCUT2D eigenvalue weighted by Crippen LogP contribution is 2.41. The molecule has 1 aromatic carbocycles. The largest absolute Gasteiger partial charge is 0.265 e. The molecule has 0 bridgehead atoms. The summed E-state index contributed by atoms with van der Waals surface area (Å²) in [7, 11) is 0. The van der Waals surface area contributed by atoms with Crippen molar-refractivity contribution in [3.8, 4) is 0 Å². The van der Waals surface area contributed by atoms with Crippen molar-refractivity contribution in [2.24, 2.45) is 0 Å². The number of rotatable bonds is 1. The first-order chi connectivity index (χ1) is 6.61. The van der Waals surface area contributed by atoms with Crippen LogP contribution in [0.5, 0.6) is 0 Å². The smallest absolute Gasteiger partial charge is 0.205 e. The molecule has 0 saturated carbocycles. The van der Waals surface area contributed by atoms with Gasteiger partial charge in [-0.25, -0.2) is 8.78 Å². The van der Waals surface area contributed by atoms with Gasteiger partial charge < -0.3 is 0 Å². The zero-order valence-corrected chi connectivity index (χ0v) is 10.1. The van der Waals surface area contributed by atoms with Crippen LogP contribution in [0.3, 0.4) is 0 Å². The Morgan fingerprint density at radius 2 is 2.07 bits per heavy atom. The van der Waals surface area contributed by atoms with Gasteiger partial charge in [-0.1, -0.05) is 18.2 Å². The van der Waals surface area contributed by atoms with Crippen molar-refractivity contribution in [1.82, 2.24) is 0 Å². The zero-order valence-electron chi connectivity index (χ0n) is 6.80. The number of thiol groups is 1. The summed E-state index contributed by atoms with van der Waals surface area (Å²) in [6, 6.07) is 4.87. The summed E-state index contributed by atoms with van der Waals surface area (Å²) in [6.45, 7) is 0. The van der Waals surface area contributed by atoms with Crippen molar-refractivity contribution in [1.29, 1.82) is 0 Å². The van der Waals surface area contributed by atoms with Crippen molar-refractivity contribution in [3.63, 3.8) is 0 Å². The highest BCUT2D eigenvalue weighted by atomic mass is 79.9. The lowest BCUT2D eigenvalue weighted by Gasteiger charge is -2.00. The lowest BCUT2D eigenvalue weighted by molar-refractivity contribution is 0.153. The third-order valence-electron chi connectivity index (χ3n) is 1.91. The Bertz CT molecular complexity index is 479. The first-order valence-electron chi connectivity index (χ1n) is 3.79. The second-order valence-corrected chi connectivity index (χ2v) is 5.53. The molecule has 0 spiro atoms. The van der Waals surface area contributed by atoms with Gasteiger partial charge >= 0.3 is 0 Å². The summed E-state index contributed by atoms with van der Waals surface area (Å²) in [6.07, 6.45) is -2.43. The van der Waals surface area contributed by atoms with Gasteiger partial charge in [0, 0.05) is 20.5 Å². The fourth-order valence-corrected chi connectivity index (χ4v) is 3.31. The van der Waals surface area contributed by atoms with E-state index < -0.39 is 6.43 Å². The number of fused-ring (bicyclic) bond motifs is 1. The molecule has 0 aliphatic rings. The maximum absolute atomic E-state index is 12.6. The van der Waals surface area contributed by atoms with Gasteiger partial charge in [-0.15, -0.1) is 24.0 Å². The molecule has 14 heavy (non-hydrogen) atoms. The summed E-state index contributed by atoms with van der Waals surface area (Å²) < 4.78 is 26.6. The normalized spacial score (nSPS) is 11.5. The van der Waals surface area contributed by atoms with E-state index in [2.05, 4.69) is 28.6 Å². The quantitative estimate of drug-likeness (QED) is 0.711. The van der Waals surface area contributed by atoms with Gasteiger partial charge in [-0.05, 0) is 15.9 Å². The molecule has 0 radical (unpaired) electrons. The number of alkyl halides is 2. The van der Waals surface area contributed by atoms with Crippen LogP contribution in [0.4, 0.5) is 8.78 Å². The Kier molecular flexibility index (Phi) is 2.81. The summed E-state index contributed by atoms with van der Waals surface area (Å²) in [5.41, 5.74) is 0.0773. The van der Waals surface area contributed by atoms with Crippen LogP contribution in [0.2, 0.25) is 0 Å². The lowest BCUT2D eigenvalue weighted by Crippen LogP contribution is -1.82. The lowest BCUT2D eigenvalue weighted by atomic mass is 10.2. The number of hydrogen-bond donors (Lipinski definition) is 1. The summed E-state index contributed by atoms with van der Waals surface area (Å²) >= 11 is 8.83. The van der Waals surface area contributed by atoms with Gasteiger partial charge in [0.1, 0.15) is 0 Å². The summed E-state index contributed by atoms with van der Waals surface area (Å²) in [4.78, 5) is 0.729. The fraction of sp³-hybridized carbons (Fsp3) is 0.111. The van der Waals surface area contributed by atoms with E-state index in [0.29, 0.717) is 4.70 Å². The molecule has 0 nitrogen and oxygen atoms in total. The van der Waals surface area contributed by atoms with Crippen LogP contribution < -0.4 is 0 Å². The van der Waals surface area contributed by atoms with E-state index in [9.17, 15) is 8.78 Å². The van der Waals surface area contributed by atoms with E-state index in [0.717, 1.165) is 14.1 Å². The first-order valence-corrected chi connectivity index (χ1v) is 5.85. The van der Waals surface area contributed by atoms with Gasteiger partial charge in [0.25, 0.3) is 6.43 Å². The molecule has 0 fully saturated rings. The third-order valence-corrected chi connectivity index (χ3v) is 4.76. The van der Waals surface area contributed by atoms with E-state index >= 15 is 0 Å². The van der Waals surface area contributed by atoms with Crippen molar-refractivity contribution < 1.29 is 8.78 Å². The molecule has 5 heteroatoms. The Morgan fingerprint density at radius 1 is 1.36 bits per heavy atom. The summed E-state index contributed by atoms with van der Waals surface area (Å²) in [5.74, 6) is 0. The predicted octanol–water partition coefficient (Wildman–Crippen LogP) is 4.89. The van der Waals surface area contributed by atoms with Crippen LogP contribution in [-0.4, -0.2) is 0 Å². The van der Waals surface area contributed by atoms with E-state index in [4.69, 9.17) is 0 Å². The minimum Gasteiger partial charge on any atom is -0.205 e. The predicted molar refractivity (Wildman–Crippen MR) is 61.7 cm³/mol. The van der Waals surface area contributed by atoms with Gasteiger partial charge in [-0.3, -0.25) is 0 Å². The van der Waals surface area contributed by atoms with Gasteiger partial charge in [-0.2, -0.15) is 0 Å². The molecule has 74 valence electrons. The number of benzene rings is 1. The van der Waals surface area contributed by atoms with Crippen LogP contribution in [0.1, 0.15) is 12.0 Å². The molecule has 1 aromatic heterocycles. The maximum Gasteiger partial charge on any atom is 0.265 e. The standard InChI is InChI=1S/C9H5BrF2S2/c10-8-6(13)4-2-1-3-5(9(11)12)7(4)14-8/h1-3,9,13H. The molecule has 0 saturated heterocycles. The molecule has 0 amide bonds. The number of hydrogen-bond acceptors (Lipinski definition) is 2. The Balaban J connectivity index is 2.81. The highest BCUT2D eigenvalue weighted by molar-refractivity contribution is 9.11. The Labute approximate surface area is 97.5 Å². The minimum absolute atomic E-state index is 0.0773. The SMILES string of the molecule is FC(F)c1cccc2c(S)c(Br)sc12. The number of thiophene rings is 1. The first kappa shape index (κ1) is 10.4. The molecule has 1 heterocycles. The van der Waals surface area contributed by atoms with Crippen LogP contribution >= 0.6 is 39.9 Å². The molecule has 0 aliphatic heterocycles. The molecular weight excluding hydrogens is 290 g/mol. The van der Waals surface area contributed by atoms with E-state index in [1.807, 2.05) is 0 Å². The van der Waals surface area contributed by atoms with Crippen molar-refractivity contribution in [2.75, 3.05) is 0 Å². The van der Waals surface area contributed by atoms with E-state index in [1.165, 1.54) is 17.4 Å². The van der Waals surface area contributed by atoms with Crippen LogP contribution in [-0.2, 0) is 0 Å². The second kappa shape index (κ2) is 3.79. The maximum atomic E-state index is 12.6. The zero-order chi connectivity index (χ0) is 10.3. The van der Waals surface area contributed by atoms with E-state index in [1.54, 1.807) is 12.1 Å². The average molecular weight is 295 g/mol. The van der Waals surface area contributed by atoms with Crippen LogP contribution in [0.25, 0.3) is 10.1 Å². The third kappa shape index (κ3) is 1.57. The van der Waals surface area contributed by atoms with Crippen molar-refractivity contribution in [3.05, 3.63) is 27.5 Å². The average Bonchev–Trinajstić information content (AvgIpc) is 2.43. The molecule has 2 aromatic rings. The topological polar surface area (TPSA) is 0 Å². The van der Waals surface area contributed by atoms with Gasteiger partial charge in [0.05, 0.1) is 3.79 Å². The van der Waals surface area contributed by atoms with Crippen LogP contribution in [0, 0.1) is 0 Å².